The molecule has 0 saturated carbocycles. The van der Waals surface area contributed by atoms with E-state index in [1.807, 2.05) is 26.0 Å². The highest BCUT2D eigenvalue weighted by Gasteiger charge is 2.21. The number of nitrogens with one attached hydrogen (secondary N) is 1. The molecule has 1 heterocycles. The molecule has 0 aromatic heterocycles. The number of ether oxygens (including phenoxy) is 1. The summed E-state index contributed by atoms with van der Waals surface area (Å²) < 4.78 is 18.5. The predicted molar refractivity (Wildman–Crippen MR) is 87.2 cm³/mol. The molecule has 0 radical (unpaired) electrons. The summed E-state index contributed by atoms with van der Waals surface area (Å²) in [7, 11) is 0. The molecule has 0 bridgehead atoms. The number of hydrogen-bond acceptors (Lipinski definition) is 3. The van der Waals surface area contributed by atoms with Crippen molar-refractivity contribution in [2.75, 3.05) is 32.9 Å². The van der Waals surface area contributed by atoms with Gasteiger partial charge in [-0.3, -0.25) is 9.29 Å². The fourth-order valence-electron chi connectivity index (χ4n) is 2.70. The van der Waals surface area contributed by atoms with Gasteiger partial charge in [0.25, 0.3) is 0 Å². The van der Waals surface area contributed by atoms with Gasteiger partial charge < -0.3 is 10.1 Å². The van der Waals surface area contributed by atoms with E-state index in [4.69, 9.17) is 4.74 Å². The maximum Gasteiger partial charge on any atom is 0.119 e. The van der Waals surface area contributed by atoms with Crippen molar-refractivity contribution in [2.24, 2.45) is 0 Å². The summed E-state index contributed by atoms with van der Waals surface area (Å²) >= 11 is 0. The summed E-state index contributed by atoms with van der Waals surface area (Å²) in [6.45, 7) is 7.68. The predicted octanol–water partition coefficient (Wildman–Crippen LogP) is 3.20. The van der Waals surface area contributed by atoms with Crippen LogP contribution in [0.25, 0.3) is 0 Å². The molecule has 1 fully saturated rings. The minimum absolute atomic E-state index is 0. The topological polar surface area (TPSA) is 24.5 Å². The Bertz CT molecular complexity index is 394. The van der Waals surface area contributed by atoms with E-state index in [0.29, 0.717) is 6.42 Å². The first kappa shape index (κ1) is 18.2. The first-order chi connectivity index (χ1) is 9.70. The number of rotatable bonds is 6. The SMILES string of the molecule is CC(C)Oc1ccc([C@@H](CCF)N2CCNCC2)cc1.Cl. The minimum Gasteiger partial charge on any atom is -0.491 e. The fourth-order valence-corrected chi connectivity index (χ4v) is 2.70. The number of benzene rings is 1. The van der Waals surface area contributed by atoms with E-state index < -0.39 is 0 Å². The third-order valence-corrected chi connectivity index (χ3v) is 3.61. The molecule has 1 aromatic rings. The highest BCUT2D eigenvalue weighted by atomic mass is 35.5. The van der Waals surface area contributed by atoms with Crippen LogP contribution in [0.4, 0.5) is 4.39 Å². The lowest BCUT2D eigenvalue weighted by atomic mass is 10.0. The van der Waals surface area contributed by atoms with Gasteiger partial charge in [-0.15, -0.1) is 12.4 Å². The molecule has 0 spiro atoms. The maximum atomic E-state index is 12.9. The molecule has 0 unspecified atom stereocenters. The second-order valence-electron chi connectivity index (χ2n) is 5.52. The lowest BCUT2D eigenvalue weighted by Crippen LogP contribution is -2.45. The largest absolute Gasteiger partial charge is 0.491 e. The van der Waals surface area contributed by atoms with Crippen LogP contribution in [0.2, 0.25) is 0 Å². The monoisotopic (exact) mass is 316 g/mol. The van der Waals surface area contributed by atoms with Gasteiger partial charge in [-0.05, 0) is 38.0 Å². The van der Waals surface area contributed by atoms with Crippen LogP contribution in [-0.2, 0) is 0 Å². The average molecular weight is 317 g/mol. The lowest BCUT2D eigenvalue weighted by molar-refractivity contribution is 0.157. The average Bonchev–Trinajstić information content (AvgIpc) is 2.46. The van der Waals surface area contributed by atoms with Crippen LogP contribution in [0.5, 0.6) is 5.75 Å². The summed E-state index contributed by atoms with van der Waals surface area (Å²) in [6.07, 6.45) is 0.736. The quantitative estimate of drug-likeness (QED) is 0.872. The van der Waals surface area contributed by atoms with Crippen LogP contribution in [0.1, 0.15) is 31.9 Å². The van der Waals surface area contributed by atoms with Gasteiger partial charge in [0.15, 0.2) is 0 Å². The number of piperazine rings is 1. The Labute approximate surface area is 133 Å². The highest BCUT2D eigenvalue weighted by Crippen LogP contribution is 2.26. The van der Waals surface area contributed by atoms with Crippen molar-refractivity contribution < 1.29 is 9.13 Å². The molecule has 2 rings (SSSR count). The first-order valence-corrected chi connectivity index (χ1v) is 7.48. The van der Waals surface area contributed by atoms with Crippen LogP contribution in [0.3, 0.4) is 0 Å². The summed E-state index contributed by atoms with van der Waals surface area (Å²) in [5.74, 6) is 0.878. The van der Waals surface area contributed by atoms with E-state index in [1.165, 1.54) is 5.56 Å². The second kappa shape index (κ2) is 9.23. The second-order valence-corrected chi connectivity index (χ2v) is 5.52. The van der Waals surface area contributed by atoms with Crippen LogP contribution in [0.15, 0.2) is 24.3 Å². The molecular formula is C16H26ClFN2O. The molecule has 3 nitrogen and oxygen atoms in total. The van der Waals surface area contributed by atoms with Gasteiger partial charge in [0.2, 0.25) is 0 Å². The van der Waals surface area contributed by atoms with Crippen LogP contribution in [0, 0.1) is 0 Å². The summed E-state index contributed by atoms with van der Waals surface area (Å²) in [4.78, 5) is 2.37. The molecule has 1 aliphatic rings. The summed E-state index contributed by atoms with van der Waals surface area (Å²) in [5, 5.41) is 3.34. The van der Waals surface area contributed by atoms with Gasteiger partial charge in [0, 0.05) is 32.2 Å². The molecule has 1 saturated heterocycles. The van der Waals surface area contributed by atoms with Crippen molar-refractivity contribution in [3.8, 4) is 5.75 Å². The molecule has 120 valence electrons. The zero-order valence-electron chi connectivity index (χ0n) is 12.8. The number of hydrogen-bond donors (Lipinski definition) is 1. The normalized spacial score (nSPS) is 17.3. The van der Waals surface area contributed by atoms with E-state index in [9.17, 15) is 4.39 Å². The number of alkyl halides is 1. The molecule has 0 amide bonds. The number of halogens is 2. The third kappa shape index (κ3) is 5.46. The lowest BCUT2D eigenvalue weighted by Gasteiger charge is -2.35. The van der Waals surface area contributed by atoms with Crippen LogP contribution in [-0.4, -0.2) is 43.9 Å². The molecule has 5 heteroatoms. The summed E-state index contributed by atoms with van der Waals surface area (Å²) in [5.41, 5.74) is 1.18. The molecule has 1 atom stereocenters. The molecular weight excluding hydrogens is 291 g/mol. The van der Waals surface area contributed by atoms with Crippen LogP contribution < -0.4 is 10.1 Å². The Kier molecular flexibility index (Phi) is 8.01. The molecule has 21 heavy (non-hydrogen) atoms. The Hall–Kier alpha value is -0.840. The summed E-state index contributed by atoms with van der Waals surface area (Å²) in [6, 6.07) is 8.29. The Morgan fingerprint density at radius 3 is 2.33 bits per heavy atom. The molecule has 1 aliphatic heterocycles. The van der Waals surface area contributed by atoms with Crippen molar-refractivity contribution in [1.82, 2.24) is 10.2 Å². The zero-order chi connectivity index (χ0) is 14.4. The van der Waals surface area contributed by atoms with E-state index in [2.05, 4.69) is 22.3 Å². The maximum absolute atomic E-state index is 12.9. The Morgan fingerprint density at radius 1 is 1.19 bits per heavy atom. The van der Waals surface area contributed by atoms with Crippen molar-refractivity contribution in [1.29, 1.82) is 0 Å². The van der Waals surface area contributed by atoms with Gasteiger partial charge in [0.05, 0.1) is 12.8 Å². The van der Waals surface area contributed by atoms with Crippen LogP contribution >= 0.6 is 12.4 Å². The zero-order valence-corrected chi connectivity index (χ0v) is 13.7. The molecule has 1 aromatic carbocycles. The smallest absolute Gasteiger partial charge is 0.119 e. The third-order valence-electron chi connectivity index (χ3n) is 3.61. The van der Waals surface area contributed by atoms with Gasteiger partial charge in [0.1, 0.15) is 5.75 Å². The molecule has 1 N–H and O–H groups in total. The van der Waals surface area contributed by atoms with E-state index >= 15 is 0 Å². The van der Waals surface area contributed by atoms with Gasteiger partial charge in [-0.2, -0.15) is 0 Å². The first-order valence-electron chi connectivity index (χ1n) is 7.48. The Morgan fingerprint density at radius 2 is 1.81 bits per heavy atom. The Balaban J connectivity index is 0.00000220. The van der Waals surface area contributed by atoms with Crippen molar-refractivity contribution >= 4 is 12.4 Å². The van der Waals surface area contributed by atoms with Gasteiger partial charge >= 0.3 is 0 Å². The van der Waals surface area contributed by atoms with E-state index in [-0.39, 0.29) is 31.2 Å². The number of nitrogens with zero attached hydrogens (tertiary/aromatic N) is 1. The van der Waals surface area contributed by atoms with E-state index in [1.54, 1.807) is 0 Å². The van der Waals surface area contributed by atoms with Gasteiger partial charge in [-0.25, -0.2) is 0 Å². The van der Waals surface area contributed by atoms with E-state index in [0.717, 1.165) is 31.9 Å². The van der Waals surface area contributed by atoms with Crippen molar-refractivity contribution in [2.45, 2.75) is 32.4 Å². The van der Waals surface area contributed by atoms with Crippen molar-refractivity contribution in [3.63, 3.8) is 0 Å². The van der Waals surface area contributed by atoms with Gasteiger partial charge in [-0.1, -0.05) is 12.1 Å². The van der Waals surface area contributed by atoms with Crippen molar-refractivity contribution in [3.05, 3.63) is 29.8 Å². The minimum atomic E-state index is -0.279. The highest BCUT2D eigenvalue weighted by molar-refractivity contribution is 5.85. The fraction of sp³-hybridized carbons (Fsp3) is 0.625. The molecule has 0 aliphatic carbocycles. The standard InChI is InChI=1S/C16H25FN2O.ClH/c1-13(2)20-15-5-3-14(4-6-15)16(7-8-17)19-11-9-18-10-12-19;/h3-6,13,16,18H,7-12H2,1-2H3;1H/t16-;/m1./s1.